The fraction of sp³-hybridized carbons (Fsp3) is 0.400. The number of rotatable bonds is 2. The van der Waals surface area contributed by atoms with Crippen LogP contribution in [0.3, 0.4) is 0 Å². The molecule has 0 bridgehead atoms. The second-order valence-corrected chi connectivity index (χ2v) is 3.93. The number of nitrogens with zero attached hydrogens (tertiary/aromatic N) is 1. The first kappa shape index (κ1) is 31.1. The maximum absolute atomic E-state index is 8.26. The van der Waals surface area contributed by atoms with E-state index < -0.39 is 0 Å². The van der Waals surface area contributed by atoms with Gasteiger partial charge in [0.15, 0.2) is 0 Å². The SMILES string of the molecule is Br.Br.Br.Br.C[N+](C)(C)Cc1ccccc1.[O]=[Mo]. The molecule has 0 saturated heterocycles. The monoisotopic (exact) mass is 584 g/mol. The molecule has 1 rings (SSSR count). The fourth-order valence-electron chi connectivity index (χ4n) is 1.13. The molecule has 0 saturated carbocycles. The Balaban J connectivity index is -0.0000000760. The molecule has 0 fully saturated rings. The van der Waals surface area contributed by atoms with Crippen molar-refractivity contribution in [3.05, 3.63) is 35.9 Å². The summed E-state index contributed by atoms with van der Waals surface area (Å²) >= 11 is 0.700. The van der Waals surface area contributed by atoms with E-state index in [2.05, 4.69) is 51.5 Å². The van der Waals surface area contributed by atoms with E-state index in [4.69, 9.17) is 3.40 Å². The van der Waals surface area contributed by atoms with E-state index in [1.807, 2.05) is 0 Å². The number of benzene rings is 1. The van der Waals surface area contributed by atoms with Gasteiger partial charge in [-0.05, 0) is 0 Å². The van der Waals surface area contributed by atoms with E-state index >= 15 is 0 Å². The van der Waals surface area contributed by atoms with Crippen LogP contribution in [-0.4, -0.2) is 25.6 Å². The van der Waals surface area contributed by atoms with Crippen molar-refractivity contribution in [1.29, 1.82) is 0 Å². The Kier molecular flexibility index (Phi) is 32.2. The Morgan fingerprint density at radius 3 is 1.53 bits per heavy atom. The van der Waals surface area contributed by atoms with Gasteiger partial charge in [0.2, 0.25) is 0 Å². The van der Waals surface area contributed by atoms with E-state index in [1.165, 1.54) is 5.56 Å². The molecule has 0 N–H and O–H groups in total. The molecule has 0 heterocycles. The van der Waals surface area contributed by atoms with Gasteiger partial charge in [-0.25, -0.2) is 0 Å². The molecule has 0 amide bonds. The summed E-state index contributed by atoms with van der Waals surface area (Å²) < 4.78 is 9.25. The van der Waals surface area contributed by atoms with Crippen LogP contribution in [0.15, 0.2) is 30.3 Å². The van der Waals surface area contributed by atoms with Crippen molar-refractivity contribution >= 4 is 67.9 Å². The molecule has 17 heavy (non-hydrogen) atoms. The van der Waals surface area contributed by atoms with Crippen molar-refractivity contribution < 1.29 is 27.7 Å². The molecule has 104 valence electrons. The van der Waals surface area contributed by atoms with Crippen LogP contribution in [0.25, 0.3) is 0 Å². The Morgan fingerprint density at radius 1 is 0.882 bits per heavy atom. The fourth-order valence-corrected chi connectivity index (χ4v) is 1.13. The van der Waals surface area contributed by atoms with Crippen LogP contribution < -0.4 is 0 Å². The minimum absolute atomic E-state index is 0. The second-order valence-electron chi connectivity index (χ2n) is 3.93. The van der Waals surface area contributed by atoms with Gasteiger partial charge in [0, 0.05) is 5.56 Å². The summed E-state index contributed by atoms with van der Waals surface area (Å²) in [5.74, 6) is 0. The van der Waals surface area contributed by atoms with Crippen LogP contribution in [0.4, 0.5) is 0 Å². The van der Waals surface area contributed by atoms with Gasteiger partial charge in [-0.1, -0.05) is 30.3 Å². The topological polar surface area (TPSA) is 17.1 Å². The van der Waals surface area contributed by atoms with Crippen molar-refractivity contribution in [1.82, 2.24) is 0 Å². The summed E-state index contributed by atoms with van der Waals surface area (Å²) in [6.45, 7) is 1.10. The van der Waals surface area contributed by atoms with Gasteiger partial charge in [-0.3, -0.25) is 0 Å². The third-order valence-electron chi connectivity index (χ3n) is 1.50. The summed E-state index contributed by atoms with van der Waals surface area (Å²) in [7, 11) is 6.60. The predicted octanol–water partition coefficient (Wildman–Crippen LogP) is 4.08. The van der Waals surface area contributed by atoms with Crippen LogP contribution in [0.1, 0.15) is 5.56 Å². The van der Waals surface area contributed by atoms with Crippen molar-refractivity contribution in [3.8, 4) is 0 Å². The summed E-state index contributed by atoms with van der Waals surface area (Å²) in [6, 6.07) is 10.6. The van der Waals surface area contributed by atoms with Gasteiger partial charge >= 0.3 is 23.2 Å². The maximum atomic E-state index is 8.26. The van der Waals surface area contributed by atoms with Crippen LogP contribution >= 0.6 is 67.9 Å². The number of quaternary nitrogens is 1. The van der Waals surface area contributed by atoms with E-state index in [-0.39, 0.29) is 67.9 Å². The first-order valence-corrected chi connectivity index (χ1v) is 4.91. The Morgan fingerprint density at radius 2 is 1.24 bits per heavy atom. The van der Waals surface area contributed by atoms with Gasteiger partial charge in [-0.15, -0.1) is 67.9 Å². The average Bonchev–Trinajstić information content (AvgIpc) is 2.07. The van der Waals surface area contributed by atoms with Crippen LogP contribution in [-0.2, 0) is 29.7 Å². The number of hydrogen-bond acceptors (Lipinski definition) is 1. The van der Waals surface area contributed by atoms with Gasteiger partial charge < -0.3 is 4.48 Å². The number of halogens is 4. The van der Waals surface area contributed by atoms with Crippen LogP contribution in [0, 0.1) is 0 Å². The van der Waals surface area contributed by atoms with E-state index in [0.29, 0.717) is 19.8 Å². The predicted molar refractivity (Wildman–Crippen MR) is 90.2 cm³/mol. The molecule has 7 heteroatoms. The molecular formula is C10H20Br4MoNO+. The Hall–Kier alpha value is 1.59. The third kappa shape index (κ3) is 20.1. The van der Waals surface area contributed by atoms with Gasteiger partial charge in [0.05, 0.1) is 21.1 Å². The van der Waals surface area contributed by atoms with Crippen LogP contribution in [0.5, 0.6) is 0 Å². The third-order valence-corrected chi connectivity index (χ3v) is 1.50. The Labute approximate surface area is 157 Å². The molecule has 0 aliphatic rings. The van der Waals surface area contributed by atoms with Gasteiger partial charge in [0.25, 0.3) is 0 Å². The molecule has 0 spiro atoms. The van der Waals surface area contributed by atoms with Crippen molar-refractivity contribution in [2.75, 3.05) is 21.1 Å². The molecule has 0 unspecified atom stereocenters. The molecule has 2 nitrogen and oxygen atoms in total. The minimum atomic E-state index is 0. The molecular weight excluding hydrogens is 566 g/mol. The van der Waals surface area contributed by atoms with E-state index in [0.717, 1.165) is 11.0 Å². The molecule has 0 atom stereocenters. The summed E-state index contributed by atoms with van der Waals surface area (Å²) in [4.78, 5) is 0. The average molecular weight is 586 g/mol. The summed E-state index contributed by atoms with van der Waals surface area (Å²) in [5.41, 5.74) is 1.40. The van der Waals surface area contributed by atoms with Crippen molar-refractivity contribution in [3.63, 3.8) is 0 Å². The summed E-state index contributed by atoms with van der Waals surface area (Å²) in [6.07, 6.45) is 0. The second kappa shape index (κ2) is 17.6. The van der Waals surface area contributed by atoms with E-state index in [9.17, 15) is 0 Å². The normalized spacial score (nSPS) is 7.71. The molecule has 0 radical (unpaired) electrons. The van der Waals surface area contributed by atoms with Crippen molar-refractivity contribution in [2.45, 2.75) is 6.54 Å². The quantitative estimate of drug-likeness (QED) is 0.378. The molecule has 1 aromatic rings. The molecule has 0 aliphatic heterocycles. The first-order valence-electron chi connectivity index (χ1n) is 4.09. The summed E-state index contributed by atoms with van der Waals surface area (Å²) in [5, 5.41) is 0. The molecule has 0 aliphatic carbocycles. The first-order chi connectivity index (χ1) is 6.08. The molecule has 1 aromatic carbocycles. The molecule has 0 aromatic heterocycles. The zero-order chi connectivity index (χ0) is 10.3. The Bertz CT molecular complexity index is 244. The van der Waals surface area contributed by atoms with E-state index in [1.54, 1.807) is 0 Å². The van der Waals surface area contributed by atoms with Gasteiger partial charge in [-0.2, -0.15) is 0 Å². The van der Waals surface area contributed by atoms with Crippen molar-refractivity contribution in [2.24, 2.45) is 0 Å². The zero-order valence-corrected chi connectivity index (χ0v) is 18.8. The standard InChI is InChI=1S/C10H16N.4BrH.Mo.O/c1-11(2,3)9-10-7-5-4-6-8-10;;;;;;/h4-8H,9H2,1-3H3;4*1H;;/q+1;;;;;;. The van der Waals surface area contributed by atoms with Crippen LogP contribution in [0.2, 0.25) is 0 Å². The zero-order valence-electron chi connectivity index (χ0n) is 9.99. The number of hydrogen-bond donors (Lipinski definition) is 0. The van der Waals surface area contributed by atoms with Gasteiger partial charge in [0.1, 0.15) is 6.54 Å².